The highest BCUT2D eigenvalue weighted by molar-refractivity contribution is 5.94. The molecule has 1 aromatic carbocycles. The Morgan fingerprint density at radius 2 is 1.96 bits per heavy atom. The van der Waals surface area contributed by atoms with E-state index in [0.29, 0.717) is 18.0 Å². The number of likely N-dealkylation sites (tertiary alicyclic amines) is 1. The summed E-state index contributed by atoms with van der Waals surface area (Å²) in [6, 6.07) is 8.06. The Kier molecular flexibility index (Phi) is 6.98. The van der Waals surface area contributed by atoms with Gasteiger partial charge in [0, 0.05) is 19.3 Å². The zero-order valence-electron chi connectivity index (χ0n) is 17.1. The van der Waals surface area contributed by atoms with Gasteiger partial charge in [-0.1, -0.05) is 12.1 Å². The number of amides is 1. The van der Waals surface area contributed by atoms with Crippen molar-refractivity contribution in [1.82, 2.24) is 19.8 Å². The normalized spacial score (nSPS) is 15.4. The number of hydrogen-bond donors (Lipinski definition) is 0. The summed E-state index contributed by atoms with van der Waals surface area (Å²) in [7, 11) is 3.83. The number of ether oxygens (including phenoxy) is 1. The monoisotopic (exact) mass is 382 g/mol. The van der Waals surface area contributed by atoms with Crippen LogP contribution in [-0.2, 0) is 6.42 Å². The molecule has 1 aliphatic rings. The van der Waals surface area contributed by atoms with Crippen LogP contribution in [0.5, 0.6) is 5.75 Å². The standard InChI is InChI=1S/C22H30N4O2/c1-17-21(14-23-16-24-17)22(27)26(15-19-8-11-25(2)12-9-19)13-10-18-4-6-20(28-3)7-5-18/h4-7,14,16,19H,8-13,15H2,1-3H3. The predicted molar refractivity (Wildman–Crippen MR) is 110 cm³/mol. The summed E-state index contributed by atoms with van der Waals surface area (Å²) in [6.07, 6.45) is 6.21. The van der Waals surface area contributed by atoms with Crippen LogP contribution < -0.4 is 4.74 Å². The van der Waals surface area contributed by atoms with Crippen molar-refractivity contribution in [3.05, 3.63) is 53.6 Å². The minimum Gasteiger partial charge on any atom is -0.497 e. The smallest absolute Gasteiger partial charge is 0.257 e. The predicted octanol–water partition coefficient (Wildman–Crippen LogP) is 2.82. The SMILES string of the molecule is COc1ccc(CCN(CC2CCN(C)CC2)C(=O)c2cncnc2C)cc1. The molecule has 1 amide bonds. The second-order valence-corrected chi connectivity index (χ2v) is 7.62. The summed E-state index contributed by atoms with van der Waals surface area (Å²) in [5, 5.41) is 0. The van der Waals surface area contributed by atoms with Gasteiger partial charge in [0.05, 0.1) is 18.4 Å². The van der Waals surface area contributed by atoms with Crippen molar-refractivity contribution in [2.75, 3.05) is 40.3 Å². The summed E-state index contributed by atoms with van der Waals surface area (Å²) in [5.41, 5.74) is 2.53. The number of methoxy groups -OCH3 is 1. The average Bonchev–Trinajstić information content (AvgIpc) is 2.73. The first-order valence-corrected chi connectivity index (χ1v) is 9.94. The van der Waals surface area contributed by atoms with Gasteiger partial charge in [0.15, 0.2) is 0 Å². The lowest BCUT2D eigenvalue weighted by Crippen LogP contribution is -2.41. The van der Waals surface area contributed by atoms with E-state index >= 15 is 0 Å². The molecule has 2 aromatic rings. The van der Waals surface area contributed by atoms with Gasteiger partial charge in [-0.15, -0.1) is 0 Å². The molecule has 1 aliphatic heterocycles. The zero-order chi connectivity index (χ0) is 19.9. The van der Waals surface area contributed by atoms with E-state index in [0.717, 1.165) is 50.3 Å². The molecule has 0 bridgehead atoms. The van der Waals surface area contributed by atoms with Gasteiger partial charge in [-0.05, 0) is 69.9 Å². The highest BCUT2D eigenvalue weighted by atomic mass is 16.5. The summed E-state index contributed by atoms with van der Waals surface area (Å²) < 4.78 is 5.23. The highest BCUT2D eigenvalue weighted by Crippen LogP contribution is 2.20. The van der Waals surface area contributed by atoms with Crippen LogP contribution >= 0.6 is 0 Å². The summed E-state index contributed by atoms with van der Waals surface area (Å²) in [5.74, 6) is 1.42. The van der Waals surface area contributed by atoms with E-state index in [9.17, 15) is 4.79 Å². The van der Waals surface area contributed by atoms with E-state index in [2.05, 4.69) is 34.0 Å². The number of piperidine rings is 1. The lowest BCUT2D eigenvalue weighted by molar-refractivity contribution is 0.0699. The van der Waals surface area contributed by atoms with E-state index in [4.69, 9.17) is 4.74 Å². The van der Waals surface area contributed by atoms with Crippen LogP contribution in [0.1, 0.15) is 34.5 Å². The fraction of sp³-hybridized carbons (Fsp3) is 0.500. The topological polar surface area (TPSA) is 58.6 Å². The van der Waals surface area contributed by atoms with Crippen LogP contribution in [0.3, 0.4) is 0 Å². The Labute approximate surface area is 167 Å². The third kappa shape index (κ3) is 5.29. The number of rotatable bonds is 7. The summed E-state index contributed by atoms with van der Waals surface area (Å²) in [4.78, 5) is 25.9. The fourth-order valence-corrected chi connectivity index (χ4v) is 3.66. The molecule has 1 aromatic heterocycles. The number of nitrogens with zero attached hydrogens (tertiary/aromatic N) is 4. The first-order valence-electron chi connectivity index (χ1n) is 9.94. The Hall–Kier alpha value is -2.47. The van der Waals surface area contributed by atoms with Crippen molar-refractivity contribution >= 4 is 5.91 Å². The van der Waals surface area contributed by atoms with Gasteiger partial charge in [-0.25, -0.2) is 9.97 Å². The van der Waals surface area contributed by atoms with Crippen molar-refractivity contribution < 1.29 is 9.53 Å². The third-order valence-electron chi connectivity index (χ3n) is 5.58. The second kappa shape index (κ2) is 9.64. The quantitative estimate of drug-likeness (QED) is 0.737. The van der Waals surface area contributed by atoms with Crippen LogP contribution in [-0.4, -0.2) is 66.0 Å². The van der Waals surface area contributed by atoms with Crippen LogP contribution in [0, 0.1) is 12.8 Å². The molecule has 0 spiro atoms. The molecule has 1 fully saturated rings. The van der Waals surface area contributed by atoms with E-state index in [1.165, 1.54) is 11.9 Å². The van der Waals surface area contributed by atoms with E-state index in [-0.39, 0.29) is 5.91 Å². The van der Waals surface area contributed by atoms with Gasteiger partial charge >= 0.3 is 0 Å². The van der Waals surface area contributed by atoms with Gasteiger partial charge in [0.1, 0.15) is 12.1 Å². The molecule has 3 rings (SSSR count). The number of aryl methyl sites for hydroxylation is 1. The summed E-state index contributed by atoms with van der Waals surface area (Å²) in [6.45, 7) is 5.53. The Balaban J connectivity index is 1.71. The highest BCUT2D eigenvalue weighted by Gasteiger charge is 2.24. The maximum atomic E-state index is 13.2. The maximum absolute atomic E-state index is 13.2. The molecule has 0 saturated carbocycles. The average molecular weight is 383 g/mol. The molecule has 0 atom stereocenters. The Bertz CT molecular complexity index is 770. The van der Waals surface area contributed by atoms with Crippen LogP contribution in [0.15, 0.2) is 36.8 Å². The molecule has 0 radical (unpaired) electrons. The number of carbonyl (C=O) groups is 1. The largest absolute Gasteiger partial charge is 0.497 e. The fourth-order valence-electron chi connectivity index (χ4n) is 3.66. The van der Waals surface area contributed by atoms with E-state index < -0.39 is 0 Å². The van der Waals surface area contributed by atoms with Gasteiger partial charge in [-0.2, -0.15) is 0 Å². The molecule has 0 N–H and O–H groups in total. The van der Waals surface area contributed by atoms with Crippen molar-refractivity contribution in [3.8, 4) is 5.75 Å². The first kappa shape index (κ1) is 20.3. The molecule has 28 heavy (non-hydrogen) atoms. The number of hydrogen-bond acceptors (Lipinski definition) is 5. The molecule has 0 unspecified atom stereocenters. The van der Waals surface area contributed by atoms with Crippen LogP contribution in [0.25, 0.3) is 0 Å². The molecular weight excluding hydrogens is 352 g/mol. The first-order chi connectivity index (χ1) is 13.6. The van der Waals surface area contributed by atoms with Gasteiger partial charge < -0.3 is 14.5 Å². The van der Waals surface area contributed by atoms with Gasteiger partial charge in [0.2, 0.25) is 0 Å². The Morgan fingerprint density at radius 3 is 2.61 bits per heavy atom. The van der Waals surface area contributed by atoms with Crippen LogP contribution in [0.4, 0.5) is 0 Å². The van der Waals surface area contributed by atoms with Gasteiger partial charge in [-0.3, -0.25) is 4.79 Å². The second-order valence-electron chi connectivity index (χ2n) is 7.62. The minimum atomic E-state index is 0.0329. The van der Waals surface area contributed by atoms with Crippen LogP contribution in [0.2, 0.25) is 0 Å². The molecule has 6 heteroatoms. The Morgan fingerprint density at radius 1 is 1.25 bits per heavy atom. The van der Waals surface area contributed by atoms with E-state index in [1.807, 2.05) is 24.0 Å². The lowest BCUT2D eigenvalue weighted by Gasteiger charge is -2.33. The van der Waals surface area contributed by atoms with Gasteiger partial charge in [0.25, 0.3) is 5.91 Å². The van der Waals surface area contributed by atoms with Crippen molar-refractivity contribution in [1.29, 1.82) is 0 Å². The third-order valence-corrected chi connectivity index (χ3v) is 5.58. The number of carbonyl (C=O) groups excluding carboxylic acids is 1. The molecular formula is C22H30N4O2. The molecule has 6 nitrogen and oxygen atoms in total. The number of aromatic nitrogens is 2. The summed E-state index contributed by atoms with van der Waals surface area (Å²) >= 11 is 0. The molecule has 150 valence electrons. The molecule has 2 heterocycles. The van der Waals surface area contributed by atoms with E-state index in [1.54, 1.807) is 13.3 Å². The lowest BCUT2D eigenvalue weighted by atomic mass is 9.96. The zero-order valence-corrected chi connectivity index (χ0v) is 17.1. The minimum absolute atomic E-state index is 0.0329. The number of benzene rings is 1. The molecule has 1 saturated heterocycles. The molecule has 0 aliphatic carbocycles. The van der Waals surface area contributed by atoms with Crippen molar-refractivity contribution in [2.24, 2.45) is 5.92 Å². The van der Waals surface area contributed by atoms with Crippen molar-refractivity contribution in [2.45, 2.75) is 26.2 Å². The maximum Gasteiger partial charge on any atom is 0.257 e. The van der Waals surface area contributed by atoms with Crippen molar-refractivity contribution in [3.63, 3.8) is 0 Å².